The molecule has 6 rings (SSSR count). The third kappa shape index (κ3) is 2.81. The van der Waals surface area contributed by atoms with Gasteiger partial charge in [-0.2, -0.15) is 0 Å². The number of anilines is 1. The summed E-state index contributed by atoms with van der Waals surface area (Å²) in [4.78, 5) is 18.2. The van der Waals surface area contributed by atoms with Crippen LogP contribution in [0.25, 0.3) is 21.7 Å². The van der Waals surface area contributed by atoms with Crippen molar-refractivity contribution in [3.63, 3.8) is 0 Å². The molecule has 5 nitrogen and oxygen atoms in total. The van der Waals surface area contributed by atoms with Crippen LogP contribution in [0.2, 0.25) is 0 Å². The fraction of sp³-hybridized carbons (Fsp3) is 0.250. The molecule has 1 aliphatic heterocycles. The number of benzene rings is 2. The van der Waals surface area contributed by atoms with Gasteiger partial charge < -0.3 is 14.6 Å². The van der Waals surface area contributed by atoms with Gasteiger partial charge in [0.05, 0.1) is 30.2 Å². The molecule has 29 heavy (non-hydrogen) atoms. The lowest BCUT2D eigenvalue weighted by Crippen LogP contribution is -2.40. The van der Waals surface area contributed by atoms with Gasteiger partial charge in [-0.1, -0.05) is 36.4 Å². The van der Waals surface area contributed by atoms with Crippen LogP contribution >= 0.6 is 0 Å². The minimum absolute atomic E-state index is 0.0686. The number of fused-ring (bicyclic) bond motifs is 2. The van der Waals surface area contributed by atoms with Crippen LogP contribution in [0.15, 0.2) is 71.7 Å². The van der Waals surface area contributed by atoms with Crippen LogP contribution < -0.4 is 10.9 Å². The lowest BCUT2D eigenvalue weighted by molar-refractivity contribution is 0.0211. The van der Waals surface area contributed by atoms with E-state index in [1.807, 2.05) is 53.2 Å². The molecular weight excluding hydrogens is 362 g/mol. The smallest absolute Gasteiger partial charge is 0.260 e. The summed E-state index contributed by atoms with van der Waals surface area (Å²) in [5, 5.41) is 6.34. The highest BCUT2D eigenvalue weighted by Gasteiger charge is 2.41. The molecule has 1 saturated carbocycles. The van der Waals surface area contributed by atoms with E-state index < -0.39 is 0 Å². The highest BCUT2D eigenvalue weighted by atomic mass is 16.5. The Morgan fingerprint density at radius 3 is 2.69 bits per heavy atom. The van der Waals surface area contributed by atoms with Crippen molar-refractivity contribution >= 4 is 27.4 Å². The first-order valence-electron chi connectivity index (χ1n) is 10.1. The Balaban J connectivity index is 1.36. The molecule has 2 atom stereocenters. The fourth-order valence-electron chi connectivity index (χ4n) is 4.32. The summed E-state index contributed by atoms with van der Waals surface area (Å²) in [6.07, 6.45) is 2.88. The Kier molecular flexibility index (Phi) is 3.71. The van der Waals surface area contributed by atoms with Crippen LogP contribution in [0.4, 0.5) is 5.69 Å². The lowest BCUT2D eigenvalue weighted by Gasteiger charge is -2.28. The maximum atomic E-state index is 13.4. The van der Waals surface area contributed by atoms with Gasteiger partial charge in [-0.25, -0.2) is 0 Å². The van der Waals surface area contributed by atoms with Gasteiger partial charge in [0, 0.05) is 34.9 Å². The highest BCUT2D eigenvalue weighted by Crippen LogP contribution is 2.50. The van der Waals surface area contributed by atoms with Gasteiger partial charge in [0.2, 0.25) is 0 Å². The van der Waals surface area contributed by atoms with Crippen molar-refractivity contribution in [3.05, 3.63) is 82.9 Å². The number of nitrogens with one attached hydrogen (secondary N) is 1. The normalized spacial score (nSPS) is 21.2. The van der Waals surface area contributed by atoms with E-state index in [2.05, 4.69) is 23.5 Å². The molecule has 1 aliphatic carbocycles. The van der Waals surface area contributed by atoms with Gasteiger partial charge in [0.1, 0.15) is 0 Å². The molecule has 0 bridgehead atoms. The monoisotopic (exact) mass is 383 g/mol. The lowest BCUT2D eigenvalue weighted by atomic mass is 10.1. The fourth-order valence-corrected chi connectivity index (χ4v) is 4.32. The topological polar surface area (TPSA) is 56.1 Å². The summed E-state index contributed by atoms with van der Waals surface area (Å²) in [7, 11) is 0. The van der Waals surface area contributed by atoms with Crippen LogP contribution in [0.1, 0.15) is 24.1 Å². The summed E-state index contributed by atoms with van der Waals surface area (Å²) >= 11 is 0. The van der Waals surface area contributed by atoms with E-state index in [1.165, 1.54) is 0 Å². The predicted octanol–water partition coefficient (Wildman–Crippen LogP) is 4.09. The third-order valence-electron chi connectivity index (χ3n) is 6.07. The summed E-state index contributed by atoms with van der Waals surface area (Å²) in [5.41, 5.74) is 3.05. The van der Waals surface area contributed by atoms with Gasteiger partial charge >= 0.3 is 0 Å². The molecule has 0 unspecified atom stereocenters. The molecule has 5 heteroatoms. The van der Waals surface area contributed by atoms with Crippen LogP contribution in [-0.2, 0) is 4.74 Å². The van der Waals surface area contributed by atoms with Crippen molar-refractivity contribution in [2.75, 3.05) is 18.5 Å². The molecule has 3 heterocycles. The Bertz CT molecular complexity index is 1290. The summed E-state index contributed by atoms with van der Waals surface area (Å²) < 4.78 is 7.16. The van der Waals surface area contributed by atoms with Crippen molar-refractivity contribution in [3.8, 4) is 0 Å². The van der Waals surface area contributed by atoms with E-state index in [4.69, 9.17) is 9.72 Å². The third-order valence-corrected chi connectivity index (χ3v) is 6.07. The summed E-state index contributed by atoms with van der Waals surface area (Å²) in [5.74, 6) is 0.287. The number of hydrogen-bond donors (Lipinski definition) is 1. The Morgan fingerprint density at radius 2 is 1.83 bits per heavy atom. The zero-order valence-electron chi connectivity index (χ0n) is 15.9. The molecule has 4 aromatic rings. The van der Waals surface area contributed by atoms with Crippen molar-refractivity contribution < 1.29 is 4.74 Å². The summed E-state index contributed by atoms with van der Waals surface area (Å²) in [6.45, 7) is 1.38. The second-order valence-electron chi connectivity index (χ2n) is 8.02. The van der Waals surface area contributed by atoms with Crippen LogP contribution in [0, 0.1) is 0 Å². The molecule has 2 aromatic carbocycles. The molecular formula is C24H21N3O2. The largest absolute Gasteiger partial charge is 0.377 e. The quantitative estimate of drug-likeness (QED) is 0.577. The van der Waals surface area contributed by atoms with Crippen molar-refractivity contribution in [2.24, 2.45) is 0 Å². The van der Waals surface area contributed by atoms with Crippen molar-refractivity contribution in [1.82, 2.24) is 9.55 Å². The second kappa shape index (κ2) is 6.42. The minimum Gasteiger partial charge on any atom is -0.377 e. The second-order valence-corrected chi connectivity index (χ2v) is 8.02. The maximum Gasteiger partial charge on any atom is 0.260 e. The Morgan fingerprint density at radius 1 is 0.966 bits per heavy atom. The molecule has 0 radical (unpaired) electrons. The summed E-state index contributed by atoms with van der Waals surface area (Å²) in [6, 6.07) is 20.9. The van der Waals surface area contributed by atoms with Crippen molar-refractivity contribution in [2.45, 2.75) is 24.4 Å². The molecule has 0 amide bonds. The van der Waals surface area contributed by atoms with E-state index in [-0.39, 0.29) is 23.6 Å². The van der Waals surface area contributed by atoms with E-state index in [9.17, 15) is 4.79 Å². The van der Waals surface area contributed by atoms with Gasteiger partial charge in [-0.05, 0) is 36.1 Å². The van der Waals surface area contributed by atoms with Gasteiger partial charge in [-0.15, -0.1) is 0 Å². The van der Waals surface area contributed by atoms with E-state index in [0.29, 0.717) is 13.2 Å². The molecule has 1 saturated heterocycles. The number of aromatic nitrogens is 2. The molecule has 2 fully saturated rings. The van der Waals surface area contributed by atoms with Crippen LogP contribution in [-0.4, -0.2) is 28.8 Å². The van der Waals surface area contributed by atoms with Crippen molar-refractivity contribution in [1.29, 1.82) is 0 Å². The average Bonchev–Trinajstić information content (AvgIpc) is 3.51. The first-order valence-corrected chi connectivity index (χ1v) is 10.1. The van der Waals surface area contributed by atoms with Crippen LogP contribution in [0.5, 0.6) is 0 Å². The average molecular weight is 383 g/mol. The van der Waals surface area contributed by atoms with Gasteiger partial charge in [0.15, 0.2) is 0 Å². The first kappa shape index (κ1) is 16.7. The number of rotatable bonds is 4. The van der Waals surface area contributed by atoms with E-state index in [1.54, 1.807) is 0 Å². The Labute approximate surface area is 168 Å². The van der Waals surface area contributed by atoms with Gasteiger partial charge in [-0.3, -0.25) is 9.78 Å². The number of hydrogen-bond acceptors (Lipinski definition) is 4. The molecule has 2 aliphatic rings. The predicted molar refractivity (Wildman–Crippen MR) is 115 cm³/mol. The number of pyridine rings is 2. The first-order chi connectivity index (χ1) is 14.3. The zero-order chi connectivity index (χ0) is 19.4. The zero-order valence-corrected chi connectivity index (χ0v) is 15.9. The van der Waals surface area contributed by atoms with E-state index in [0.717, 1.165) is 39.5 Å². The molecule has 0 spiro atoms. The number of para-hydroxylation sites is 1. The maximum absolute atomic E-state index is 13.4. The highest BCUT2D eigenvalue weighted by molar-refractivity contribution is 5.93. The number of ether oxygens (including phenoxy) is 1. The SMILES string of the molecule is O=c1c2c(NC3COC3)cccc2ccn1[C@@H]1C[C@H]1c1ccc2ccccc2n1. The van der Waals surface area contributed by atoms with Crippen LogP contribution in [0.3, 0.4) is 0 Å². The van der Waals surface area contributed by atoms with Gasteiger partial charge in [0.25, 0.3) is 5.56 Å². The van der Waals surface area contributed by atoms with E-state index >= 15 is 0 Å². The molecule has 1 N–H and O–H groups in total. The minimum atomic E-state index is 0.0686. The standard InChI is InChI=1S/C24H21N3O2/c28-24-23-16(5-3-7-21(23)25-17-13-29-14-17)10-11-27(24)22-12-18(22)20-9-8-15-4-1-2-6-19(15)26-20/h1-11,17-18,22,25H,12-14H2/t18-,22+/m0/s1. The Hall–Kier alpha value is -3.18. The molecule has 2 aromatic heterocycles. The number of nitrogens with zero attached hydrogens (tertiary/aromatic N) is 2. The molecule has 144 valence electrons.